The Morgan fingerprint density at radius 1 is 1.43 bits per heavy atom. The van der Waals surface area contributed by atoms with Gasteiger partial charge in [-0.25, -0.2) is 0 Å². The number of aliphatic carboxylic acids is 1. The van der Waals surface area contributed by atoms with Crippen molar-refractivity contribution in [3.05, 3.63) is 40.3 Å². The van der Waals surface area contributed by atoms with Gasteiger partial charge in [-0.1, -0.05) is 29.4 Å². The van der Waals surface area contributed by atoms with Crippen LogP contribution in [0.25, 0.3) is 10.4 Å². The van der Waals surface area contributed by atoms with E-state index in [1.807, 2.05) is 0 Å². The molecule has 5 heteroatoms. The number of carboxylic acids is 1. The second-order valence-corrected chi connectivity index (χ2v) is 2.75. The van der Waals surface area contributed by atoms with Crippen molar-refractivity contribution in [2.45, 2.75) is 12.8 Å². The van der Waals surface area contributed by atoms with Gasteiger partial charge in [0.25, 0.3) is 0 Å². The summed E-state index contributed by atoms with van der Waals surface area (Å²) in [5, 5.41) is 11.9. The summed E-state index contributed by atoms with van der Waals surface area (Å²) in [6.07, 6.45) is 0.604. The van der Waals surface area contributed by atoms with Crippen LogP contribution in [-0.2, 0) is 11.2 Å². The van der Waals surface area contributed by atoms with E-state index >= 15 is 0 Å². The van der Waals surface area contributed by atoms with Gasteiger partial charge in [-0.3, -0.25) is 4.79 Å². The lowest BCUT2D eigenvalue weighted by molar-refractivity contribution is -0.136. The van der Waals surface area contributed by atoms with Gasteiger partial charge in [-0.05, 0) is 17.5 Å². The van der Waals surface area contributed by atoms with E-state index < -0.39 is 5.97 Å². The van der Waals surface area contributed by atoms with Crippen molar-refractivity contribution < 1.29 is 9.90 Å². The number of aryl methyl sites for hydroxylation is 1. The van der Waals surface area contributed by atoms with E-state index in [-0.39, 0.29) is 6.42 Å². The SMILES string of the molecule is [N-]=[N+]=Nc1ccc(CCC(=O)O)cc1. The van der Waals surface area contributed by atoms with Crippen LogP contribution in [0.5, 0.6) is 0 Å². The van der Waals surface area contributed by atoms with Crippen LogP contribution in [0.3, 0.4) is 0 Å². The molecule has 0 heterocycles. The zero-order valence-corrected chi connectivity index (χ0v) is 7.42. The van der Waals surface area contributed by atoms with Gasteiger partial charge in [0, 0.05) is 17.0 Å². The Bertz CT molecular complexity index is 366. The van der Waals surface area contributed by atoms with E-state index in [0.717, 1.165) is 5.56 Å². The van der Waals surface area contributed by atoms with Crippen molar-refractivity contribution in [1.82, 2.24) is 0 Å². The molecule has 0 radical (unpaired) electrons. The third-order valence-corrected chi connectivity index (χ3v) is 1.72. The highest BCUT2D eigenvalue weighted by Gasteiger charge is 1.98. The van der Waals surface area contributed by atoms with E-state index in [4.69, 9.17) is 10.6 Å². The van der Waals surface area contributed by atoms with Crippen molar-refractivity contribution >= 4 is 11.7 Å². The molecule has 14 heavy (non-hydrogen) atoms. The summed E-state index contributed by atoms with van der Waals surface area (Å²) >= 11 is 0. The molecule has 0 spiro atoms. The fraction of sp³-hybridized carbons (Fsp3) is 0.222. The minimum absolute atomic E-state index is 0.112. The Hall–Kier alpha value is -2.00. The monoisotopic (exact) mass is 191 g/mol. The van der Waals surface area contributed by atoms with Gasteiger partial charge in [0.15, 0.2) is 0 Å². The smallest absolute Gasteiger partial charge is 0.303 e. The third kappa shape index (κ3) is 3.16. The predicted molar refractivity (Wildman–Crippen MR) is 51.2 cm³/mol. The van der Waals surface area contributed by atoms with Crippen LogP contribution in [-0.4, -0.2) is 11.1 Å². The third-order valence-electron chi connectivity index (χ3n) is 1.72. The maximum atomic E-state index is 10.3. The molecule has 0 saturated carbocycles. The number of hydrogen-bond donors (Lipinski definition) is 1. The van der Waals surface area contributed by atoms with Crippen molar-refractivity contribution in [2.24, 2.45) is 5.11 Å². The fourth-order valence-electron chi connectivity index (χ4n) is 1.03. The highest BCUT2D eigenvalue weighted by Crippen LogP contribution is 2.13. The van der Waals surface area contributed by atoms with Crippen LogP contribution in [0.15, 0.2) is 29.4 Å². The first kappa shape index (κ1) is 10.1. The second-order valence-electron chi connectivity index (χ2n) is 2.75. The van der Waals surface area contributed by atoms with E-state index in [2.05, 4.69) is 10.0 Å². The van der Waals surface area contributed by atoms with E-state index in [0.29, 0.717) is 12.1 Å². The first-order chi connectivity index (χ1) is 6.72. The average molecular weight is 191 g/mol. The minimum atomic E-state index is -0.816. The molecule has 1 rings (SSSR count). The van der Waals surface area contributed by atoms with E-state index in [1.165, 1.54) is 0 Å². The molecule has 0 bridgehead atoms. The molecule has 1 N–H and O–H groups in total. The van der Waals surface area contributed by atoms with Gasteiger partial charge in [0.2, 0.25) is 0 Å². The number of benzene rings is 1. The quantitative estimate of drug-likeness (QED) is 0.450. The summed E-state index contributed by atoms with van der Waals surface area (Å²) in [6, 6.07) is 6.84. The van der Waals surface area contributed by atoms with Crippen molar-refractivity contribution in [1.29, 1.82) is 0 Å². The Balaban J connectivity index is 2.63. The molecule has 0 saturated heterocycles. The summed E-state index contributed by atoms with van der Waals surface area (Å²) in [5.74, 6) is -0.816. The summed E-state index contributed by atoms with van der Waals surface area (Å²) < 4.78 is 0. The zero-order chi connectivity index (χ0) is 10.4. The number of carbonyl (C=O) groups is 1. The predicted octanol–water partition coefficient (Wildman–Crippen LogP) is 2.65. The van der Waals surface area contributed by atoms with Crippen LogP contribution >= 0.6 is 0 Å². The fourth-order valence-corrected chi connectivity index (χ4v) is 1.03. The molecule has 1 aromatic carbocycles. The van der Waals surface area contributed by atoms with Crippen molar-refractivity contribution in [3.63, 3.8) is 0 Å². The number of carboxylic acid groups (broad SMARTS) is 1. The summed E-state index contributed by atoms with van der Waals surface area (Å²) in [6.45, 7) is 0. The lowest BCUT2D eigenvalue weighted by Gasteiger charge is -1.98. The Morgan fingerprint density at radius 2 is 2.07 bits per heavy atom. The molecule has 1 aromatic rings. The van der Waals surface area contributed by atoms with Gasteiger partial charge in [0.1, 0.15) is 0 Å². The highest BCUT2D eigenvalue weighted by atomic mass is 16.4. The normalized spacial score (nSPS) is 9.14. The number of nitrogens with zero attached hydrogens (tertiary/aromatic N) is 3. The first-order valence-electron chi connectivity index (χ1n) is 4.08. The van der Waals surface area contributed by atoms with Crippen LogP contribution in [0.4, 0.5) is 5.69 Å². The lowest BCUT2D eigenvalue weighted by Crippen LogP contribution is -1.96. The van der Waals surface area contributed by atoms with Crippen molar-refractivity contribution in [3.8, 4) is 0 Å². The topological polar surface area (TPSA) is 86.1 Å². The van der Waals surface area contributed by atoms with Gasteiger partial charge < -0.3 is 5.11 Å². The molecule has 0 aliphatic carbocycles. The summed E-state index contributed by atoms with van der Waals surface area (Å²) in [5.41, 5.74) is 9.60. The number of rotatable bonds is 4. The standard InChI is InChI=1S/C9H9N3O2/c10-12-11-8-4-1-7(2-5-8)3-6-9(13)14/h1-2,4-5H,3,6H2,(H,13,14). The number of azide groups is 1. The summed E-state index contributed by atoms with van der Waals surface area (Å²) in [4.78, 5) is 12.9. The molecular weight excluding hydrogens is 182 g/mol. The molecule has 0 unspecified atom stereocenters. The Morgan fingerprint density at radius 3 is 2.57 bits per heavy atom. The second kappa shape index (κ2) is 4.89. The van der Waals surface area contributed by atoms with Crippen LogP contribution in [0.1, 0.15) is 12.0 Å². The number of hydrogen-bond acceptors (Lipinski definition) is 2. The molecule has 0 atom stereocenters. The van der Waals surface area contributed by atoms with Gasteiger partial charge >= 0.3 is 5.97 Å². The molecule has 5 nitrogen and oxygen atoms in total. The molecular formula is C9H9N3O2. The molecule has 0 amide bonds. The zero-order valence-electron chi connectivity index (χ0n) is 7.42. The van der Waals surface area contributed by atoms with Crippen LogP contribution in [0, 0.1) is 0 Å². The van der Waals surface area contributed by atoms with Crippen molar-refractivity contribution in [2.75, 3.05) is 0 Å². The molecule has 0 aromatic heterocycles. The van der Waals surface area contributed by atoms with E-state index in [9.17, 15) is 4.79 Å². The van der Waals surface area contributed by atoms with Gasteiger partial charge in [-0.15, -0.1) is 0 Å². The largest absolute Gasteiger partial charge is 0.481 e. The maximum Gasteiger partial charge on any atom is 0.303 e. The highest BCUT2D eigenvalue weighted by molar-refractivity contribution is 5.67. The Labute approximate surface area is 80.6 Å². The molecule has 0 fully saturated rings. The van der Waals surface area contributed by atoms with Crippen LogP contribution < -0.4 is 0 Å². The van der Waals surface area contributed by atoms with Gasteiger partial charge in [-0.2, -0.15) is 0 Å². The molecule has 72 valence electrons. The lowest BCUT2D eigenvalue weighted by atomic mass is 10.1. The summed E-state index contributed by atoms with van der Waals surface area (Å²) in [7, 11) is 0. The maximum absolute atomic E-state index is 10.3. The molecule has 0 aliphatic heterocycles. The average Bonchev–Trinajstić information content (AvgIpc) is 2.17. The minimum Gasteiger partial charge on any atom is -0.481 e. The van der Waals surface area contributed by atoms with Gasteiger partial charge in [0.05, 0.1) is 0 Å². The first-order valence-corrected chi connectivity index (χ1v) is 4.08. The Kier molecular flexibility index (Phi) is 3.52. The van der Waals surface area contributed by atoms with Crippen LogP contribution in [0.2, 0.25) is 0 Å². The van der Waals surface area contributed by atoms with E-state index in [1.54, 1.807) is 24.3 Å². The molecule has 0 aliphatic rings.